The Hall–Kier alpha value is -2.71. The number of para-hydroxylation sites is 1. The summed E-state index contributed by atoms with van der Waals surface area (Å²) in [6.45, 7) is 0.388. The predicted octanol–water partition coefficient (Wildman–Crippen LogP) is 3.84. The van der Waals surface area contributed by atoms with Gasteiger partial charge in [0.15, 0.2) is 5.13 Å². The number of benzene rings is 2. The molecule has 6 nitrogen and oxygen atoms in total. The first kappa shape index (κ1) is 18.1. The molecule has 2 amide bonds. The Morgan fingerprint density at radius 2 is 1.88 bits per heavy atom. The van der Waals surface area contributed by atoms with Crippen molar-refractivity contribution < 1.29 is 14.3 Å². The number of nitrogens with one attached hydrogen (secondary N) is 1. The number of ether oxygens (including phenoxy) is 1. The predicted molar refractivity (Wildman–Crippen MR) is 104 cm³/mol. The topological polar surface area (TPSA) is 94.3 Å². The van der Waals surface area contributed by atoms with Gasteiger partial charge in [-0.15, -0.1) is 0 Å². The molecule has 0 spiro atoms. The number of nitrogens with two attached hydrogens (primary N) is 1. The fraction of sp³-hybridized carbons (Fsp3) is 0.0556. The molecule has 0 bridgehead atoms. The van der Waals surface area contributed by atoms with Crippen molar-refractivity contribution in [2.75, 3.05) is 5.32 Å². The SMILES string of the molecule is NC(=O)c1cnc(NC(=O)c2ccc(COc3ccccc3Br)cc2)s1. The average Bonchev–Trinajstić information content (AvgIpc) is 3.10. The summed E-state index contributed by atoms with van der Waals surface area (Å²) in [7, 11) is 0. The molecular formula is C18H14BrN3O3S. The number of hydrogen-bond acceptors (Lipinski definition) is 5. The van der Waals surface area contributed by atoms with Crippen LogP contribution in [0.2, 0.25) is 0 Å². The van der Waals surface area contributed by atoms with Crippen LogP contribution in [0.25, 0.3) is 0 Å². The van der Waals surface area contributed by atoms with Crippen LogP contribution in [0.1, 0.15) is 25.6 Å². The van der Waals surface area contributed by atoms with E-state index in [1.54, 1.807) is 12.1 Å². The Balaban J connectivity index is 1.60. The number of hydrogen-bond donors (Lipinski definition) is 2. The quantitative estimate of drug-likeness (QED) is 0.619. The number of anilines is 1. The van der Waals surface area contributed by atoms with Crippen molar-refractivity contribution in [3.8, 4) is 5.75 Å². The van der Waals surface area contributed by atoms with E-state index >= 15 is 0 Å². The Labute approximate surface area is 162 Å². The van der Waals surface area contributed by atoms with Gasteiger partial charge in [0.25, 0.3) is 11.8 Å². The Kier molecular flexibility index (Phi) is 5.65. The molecule has 132 valence electrons. The summed E-state index contributed by atoms with van der Waals surface area (Å²) in [5.41, 5.74) is 6.58. The van der Waals surface area contributed by atoms with Crippen LogP contribution in [-0.2, 0) is 6.61 Å². The highest BCUT2D eigenvalue weighted by Crippen LogP contribution is 2.25. The number of thiazole rings is 1. The van der Waals surface area contributed by atoms with Gasteiger partial charge in [0.05, 0.1) is 10.7 Å². The highest BCUT2D eigenvalue weighted by molar-refractivity contribution is 9.10. The van der Waals surface area contributed by atoms with Gasteiger partial charge >= 0.3 is 0 Å². The van der Waals surface area contributed by atoms with Crippen LogP contribution in [0.4, 0.5) is 5.13 Å². The maximum atomic E-state index is 12.2. The van der Waals surface area contributed by atoms with Gasteiger partial charge in [-0.05, 0) is 45.8 Å². The molecule has 0 aliphatic heterocycles. The second kappa shape index (κ2) is 8.11. The molecule has 0 fully saturated rings. The summed E-state index contributed by atoms with van der Waals surface area (Å²) in [4.78, 5) is 27.5. The minimum absolute atomic E-state index is 0.292. The van der Waals surface area contributed by atoms with Crippen LogP contribution in [0.3, 0.4) is 0 Å². The molecule has 0 saturated heterocycles. The fourth-order valence-electron chi connectivity index (χ4n) is 2.09. The van der Waals surface area contributed by atoms with E-state index in [0.717, 1.165) is 27.1 Å². The standard InChI is InChI=1S/C18H14BrN3O3S/c19-13-3-1-2-4-14(13)25-10-11-5-7-12(8-6-11)17(24)22-18-21-9-15(26-18)16(20)23/h1-9H,10H2,(H2,20,23)(H,21,22,24). The number of primary amides is 1. The molecule has 0 aliphatic carbocycles. The minimum Gasteiger partial charge on any atom is -0.488 e. The second-order valence-corrected chi connectivity index (χ2v) is 7.15. The number of rotatable bonds is 6. The monoisotopic (exact) mass is 431 g/mol. The summed E-state index contributed by atoms with van der Waals surface area (Å²) in [6.07, 6.45) is 1.34. The Morgan fingerprint density at radius 3 is 2.54 bits per heavy atom. The van der Waals surface area contributed by atoms with E-state index in [2.05, 4.69) is 26.2 Å². The molecular weight excluding hydrogens is 418 g/mol. The lowest BCUT2D eigenvalue weighted by Gasteiger charge is -2.08. The molecule has 0 unspecified atom stereocenters. The molecule has 26 heavy (non-hydrogen) atoms. The van der Waals surface area contributed by atoms with E-state index in [9.17, 15) is 9.59 Å². The summed E-state index contributed by atoms with van der Waals surface area (Å²) in [6, 6.07) is 14.7. The summed E-state index contributed by atoms with van der Waals surface area (Å²) in [5.74, 6) is -0.130. The average molecular weight is 432 g/mol. The maximum Gasteiger partial charge on any atom is 0.260 e. The molecule has 0 aliphatic rings. The number of carbonyl (C=O) groups excluding carboxylic acids is 2. The van der Waals surface area contributed by atoms with Gasteiger partial charge < -0.3 is 10.5 Å². The zero-order valence-electron chi connectivity index (χ0n) is 13.4. The van der Waals surface area contributed by atoms with Crippen LogP contribution in [0, 0.1) is 0 Å². The zero-order chi connectivity index (χ0) is 18.5. The van der Waals surface area contributed by atoms with Gasteiger partial charge in [-0.1, -0.05) is 35.6 Å². The van der Waals surface area contributed by atoms with E-state index in [1.807, 2.05) is 36.4 Å². The van der Waals surface area contributed by atoms with Gasteiger partial charge in [-0.25, -0.2) is 4.98 Å². The smallest absolute Gasteiger partial charge is 0.260 e. The van der Waals surface area contributed by atoms with Crippen LogP contribution < -0.4 is 15.8 Å². The molecule has 0 radical (unpaired) electrons. The molecule has 3 N–H and O–H groups in total. The molecule has 1 aromatic heterocycles. The Bertz CT molecular complexity index is 941. The van der Waals surface area contributed by atoms with E-state index in [0.29, 0.717) is 22.2 Å². The van der Waals surface area contributed by atoms with Crippen molar-refractivity contribution in [3.05, 3.63) is 75.2 Å². The van der Waals surface area contributed by atoms with Gasteiger partial charge in [0, 0.05) is 5.56 Å². The lowest BCUT2D eigenvalue weighted by molar-refractivity contribution is 0.100. The fourth-order valence-corrected chi connectivity index (χ4v) is 3.15. The van der Waals surface area contributed by atoms with Crippen LogP contribution in [0.5, 0.6) is 5.75 Å². The van der Waals surface area contributed by atoms with Crippen molar-refractivity contribution in [1.82, 2.24) is 4.98 Å². The van der Waals surface area contributed by atoms with Crippen molar-refractivity contribution in [3.63, 3.8) is 0 Å². The van der Waals surface area contributed by atoms with E-state index < -0.39 is 5.91 Å². The third kappa shape index (κ3) is 4.47. The lowest BCUT2D eigenvalue weighted by atomic mass is 10.1. The maximum absolute atomic E-state index is 12.2. The van der Waals surface area contributed by atoms with Crippen molar-refractivity contribution in [2.45, 2.75) is 6.61 Å². The Morgan fingerprint density at radius 1 is 1.15 bits per heavy atom. The number of aromatic nitrogens is 1. The van der Waals surface area contributed by atoms with Crippen molar-refractivity contribution in [1.29, 1.82) is 0 Å². The first-order valence-corrected chi connectivity index (χ1v) is 9.17. The molecule has 8 heteroatoms. The first-order valence-electron chi connectivity index (χ1n) is 7.56. The third-order valence-corrected chi connectivity index (χ3v) is 5.00. The van der Waals surface area contributed by atoms with E-state index in [-0.39, 0.29) is 5.91 Å². The van der Waals surface area contributed by atoms with Crippen LogP contribution in [0.15, 0.2) is 59.2 Å². The summed E-state index contributed by atoms with van der Waals surface area (Å²) < 4.78 is 6.63. The van der Waals surface area contributed by atoms with Gasteiger partial charge in [-0.3, -0.25) is 14.9 Å². The van der Waals surface area contributed by atoms with Gasteiger partial charge in [0.2, 0.25) is 0 Å². The minimum atomic E-state index is -0.572. The zero-order valence-corrected chi connectivity index (χ0v) is 15.8. The lowest BCUT2D eigenvalue weighted by Crippen LogP contribution is -2.11. The van der Waals surface area contributed by atoms with Crippen molar-refractivity contribution >= 4 is 44.2 Å². The largest absolute Gasteiger partial charge is 0.488 e. The van der Waals surface area contributed by atoms with Crippen LogP contribution in [-0.4, -0.2) is 16.8 Å². The molecule has 2 aromatic carbocycles. The summed E-state index contributed by atoms with van der Waals surface area (Å²) >= 11 is 4.46. The number of halogens is 1. The number of carbonyl (C=O) groups is 2. The third-order valence-electron chi connectivity index (χ3n) is 3.42. The second-order valence-electron chi connectivity index (χ2n) is 5.26. The highest BCUT2D eigenvalue weighted by Gasteiger charge is 2.11. The normalized spacial score (nSPS) is 10.3. The number of nitrogens with zero attached hydrogens (tertiary/aromatic N) is 1. The van der Waals surface area contributed by atoms with E-state index in [4.69, 9.17) is 10.5 Å². The molecule has 3 aromatic rings. The molecule has 0 atom stereocenters. The highest BCUT2D eigenvalue weighted by atomic mass is 79.9. The molecule has 0 saturated carbocycles. The first-order chi connectivity index (χ1) is 12.5. The van der Waals surface area contributed by atoms with Crippen molar-refractivity contribution in [2.24, 2.45) is 5.73 Å². The van der Waals surface area contributed by atoms with Gasteiger partial charge in [0.1, 0.15) is 17.2 Å². The molecule has 3 rings (SSSR count). The van der Waals surface area contributed by atoms with Gasteiger partial charge in [-0.2, -0.15) is 0 Å². The number of amides is 2. The summed E-state index contributed by atoms with van der Waals surface area (Å²) in [5, 5.41) is 2.97. The van der Waals surface area contributed by atoms with E-state index in [1.165, 1.54) is 6.20 Å². The van der Waals surface area contributed by atoms with Crippen LogP contribution >= 0.6 is 27.3 Å². The molecule has 1 heterocycles.